The number of nitrogens with zero attached hydrogens (tertiary/aromatic N) is 2. The fourth-order valence-corrected chi connectivity index (χ4v) is 5.38. The number of carbonyl (C=O) groups is 2. The SMILES string of the molecule is Cc1ncsc1-c1ccc([C@H](C)NC(=O)[C@@H]2C[C@@H](O)CN2C(=O)[C@H](c2cc(=O)[nH]o2)C(C)C)cc1. The van der Waals surface area contributed by atoms with Crippen molar-refractivity contribution >= 4 is 23.2 Å². The van der Waals surface area contributed by atoms with Crippen molar-refractivity contribution in [3.63, 3.8) is 0 Å². The molecule has 4 rings (SSSR count). The van der Waals surface area contributed by atoms with Crippen LogP contribution in [0.25, 0.3) is 10.4 Å². The van der Waals surface area contributed by atoms with Crippen molar-refractivity contribution in [2.24, 2.45) is 5.92 Å². The van der Waals surface area contributed by atoms with E-state index in [1.807, 2.05) is 57.5 Å². The van der Waals surface area contributed by atoms with Crippen LogP contribution in [0.15, 0.2) is 45.2 Å². The van der Waals surface area contributed by atoms with Gasteiger partial charge in [0.05, 0.1) is 28.2 Å². The van der Waals surface area contributed by atoms with E-state index in [-0.39, 0.29) is 42.5 Å². The molecule has 3 heterocycles. The van der Waals surface area contributed by atoms with Crippen LogP contribution in [0, 0.1) is 12.8 Å². The van der Waals surface area contributed by atoms with E-state index in [1.165, 1.54) is 11.0 Å². The minimum atomic E-state index is -0.814. The molecule has 0 unspecified atom stereocenters. The van der Waals surface area contributed by atoms with E-state index in [0.29, 0.717) is 0 Å². The van der Waals surface area contributed by atoms with Gasteiger partial charge in [-0.05, 0) is 30.9 Å². The number of aryl methyl sites for hydroxylation is 1. The van der Waals surface area contributed by atoms with Crippen LogP contribution in [0.4, 0.5) is 0 Å². The number of β-amino-alcohol motifs (C(OH)–C–C–N with tert-alkyl or cyclic N) is 1. The fourth-order valence-electron chi connectivity index (χ4n) is 4.57. The molecule has 0 saturated carbocycles. The quantitative estimate of drug-likeness (QED) is 0.459. The Bertz CT molecular complexity index is 1250. The molecule has 35 heavy (non-hydrogen) atoms. The standard InChI is InChI=1S/C25H30N4O5S/c1-13(2)22(20-10-21(31)28-34-20)25(33)29-11-18(30)9-19(29)24(32)27-14(3)16-5-7-17(8-6-16)23-15(4)26-12-35-23/h5-8,10,12-14,18-19,22,30H,9,11H2,1-4H3,(H,27,32)(H,28,31)/t14-,18+,19-,22-/m0/s1. The molecule has 0 radical (unpaired) electrons. The summed E-state index contributed by atoms with van der Waals surface area (Å²) in [7, 11) is 0. The van der Waals surface area contributed by atoms with E-state index in [2.05, 4.69) is 15.5 Å². The molecule has 1 saturated heterocycles. The van der Waals surface area contributed by atoms with Crippen LogP contribution >= 0.6 is 11.3 Å². The molecule has 0 bridgehead atoms. The van der Waals surface area contributed by atoms with Gasteiger partial charge in [-0.2, -0.15) is 5.16 Å². The summed E-state index contributed by atoms with van der Waals surface area (Å²) in [4.78, 5) is 45.0. The number of aromatic nitrogens is 2. The van der Waals surface area contributed by atoms with Crippen molar-refractivity contribution in [2.75, 3.05) is 6.54 Å². The average Bonchev–Trinajstić information content (AvgIpc) is 3.53. The van der Waals surface area contributed by atoms with Gasteiger partial charge >= 0.3 is 0 Å². The van der Waals surface area contributed by atoms with Crippen molar-refractivity contribution in [1.29, 1.82) is 0 Å². The molecule has 1 aliphatic rings. The summed E-state index contributed by atoms with van der Waals surface area (Å²) < 4.78 is 5.21. The van der Waals surface area contributed by atoms with Gasteiger partial charge in [0, 0.05) is 19.0 Å². The number of amides is 2. The number of aliphatic hydroxyl groups excluding tert-OH is 1. The van der Waals surface area contributed by atoms with Gasteiger partial charge in [0.15, 0.2) is 5.76 Å². The van der Waals surface area contributed by atoms with Gasteiger partial charge in [-0.25, -0.2) is 4.98 Å². The summed E-state index contributed by atoms with van der Waals surface area (Å²) in [6, 6.07) is 8.09. The van der Waals surface area contributed by atoms with E-state index in [0.717, 1.165) is 21.7 Å². The fraction of sp³-hybridized carbons (Fsp3) is 0.440. The van der Waals surface area contributed by atoms with E-state index >= 15 is 0 Å². The predicted molar refractivity (Wildman–Crippen MR) is 132 cm³/mol. The molecule has 0 spiro atoms. The monoisotopic (exact) mass is 498 g/mol. The first-order valence-corrected chi connectivity index (χ1v) is 12.5. The Labute approximate surface area is 207 Å². The Morgan fingerprint density at radius 2 is 1.97 bits per heavy atom. The molecule has 4 atom stereocenters. The number of carbonyl (C=O) groups excluding carboxylic acids is 2. The summed E-state index contributed by atoms with van der Waals surface area (Å²) in [6.45, 7) is 7.59. The summed E-state index contributed by atoms with van der Waals surface area (Å²) in [5.41, 5.74) is 4.36. The van der Waals surface area contributed by atoms with Crippen molar-refractivity contribution in [3.8, 4) is 10.4 Å². The normalized spacial score (nSPS) is 19.7. The van der Waals surface area contributed by atoms with Gasteiger partial charge < -0.3 is 19.8 Å². The molecule has 0 aliphatic carbocycles. The Balaban J connectivity index is 1.48. The third kappa shape index (κ3) is 5.23. The van der Waals surface area contributed by atoms with Crippen LogP contribution < -0.4 is 10.9 Å². The molecule has 9 nitrogen and oxygen atoms in total. The Morgan fingerprint density at radius 1 is 1.26 bits per heavy atom. The minimum absolute atomic E-state index is 0.0477. The van der Waals surface area contributed by atoms with Crippen LogP contribution in [0.5, 0.6) is 0 Å². The third-order valence-electron chi connectivity index (χ3n) is 6.42. The maximum absolute atomic E-state index is 13.4. The summed E-state index contributed by atoms with van der Waals surface area (Å²) in [5, 5.41) is 15.5. The van der Waals surface area contributed by atoms with E-state index in [9.17, 15) is 19.5 Å². The lowest BCUT2D eigenvalue weighted by Gasteiger charge is -2.29. The van der Waals surface area contributed by atoms with Crippen LogP contribution in [0.1, 0.15) is 56.2 Å². The molecule has 1 fully saturated rings. The van der Waals surface area contributed by atoms with Gasteiger partial charge in [0.2, 0.25) is 11.8 Å². The number of nitrogens with one attached hydrogen (secondary N) is 2. The van der Waals surface area contributed by atoms with E-state index < -0.39 is 23.6 Å². The Morgan fingerprint density at radius 3 is 2.54 bits per heavy atom. The number of likely N-dealkylation sites (tertiary alicyclic amines) is 1. The molecule has 3 aromatic rings. The van der Waals surface area contributed by atoms with Gasteiger partial charge in [0.25, 0.3) is 5.56 Å². The molecule has 1 aromatic carbocycles. The van der Waals surface area contributed by atoms with Crippen LogP contribution in [0.3, 0.4) is 0 Å². The van der Waals surface area contributed by atoms with Crippen molar-refractivity contribution in [2.45, 2.75) is 58.2 Å². The van der Waals surface area contributed by atoms with Crippen molar-refractivity contribution < 1.29 is 19.2 Å². The number of benzene rings is 1. The van der Waals surface area contributed by atoms with E-state index in [1.54, 1.807) is 11.3 Å². The molecule has 10 heteroatoms. The molecule has 186 valence electrons. The lowest BCUT2D eigenvalue weighted by molar-refractivity contribution is -0.141. The van der Waals surface area contributed by atoms with Crippen LogP contribution in [-0.2, 0) is 9.59 Å². The maximum atomic E-state index is 13.4. The zero-order valence-electron chi connectivity index (χ0n) is 20.1. The highest BCUT2D eigenvalue weighted by Gasteiger charge is 2.43. The number of aliphatic hydroxyl groups is 1. The highest BCUT2D eigenvalue weighted by Crippen LogP contribution is 2.31. The first-order valence-electron chi connectivity index (χ1n) is 11.6. The number of aromatic amines is 1. The summed E-state index contributed by atoms with van der Waals surface area (Å²) in [6.07, 6.45) is -0.659. The Hall–Kier alpha value is -3.24. The van der Waals surface area contributed by atoms with Crippen molar-refractivity contribution in [3.05, 3.63) is 63.2 Å². The van der Waals surface area contributed by atoms with Crippen molar-refractivity contribution in [1.82, 2.24) is 20.4 Å². The Kier molecular flexibility index (Phi) is 7.23. The predicted octanol–water partition coefficient (Wildman–Crippen LogP) is 2.98. The van der Waals surface area contributed by atoms with Gasteiger partial charge in [-0.15, -0.1) is 11.3 Å². The zero-order chi connectivity index (χ0) is 25.3. The van der Waals surface area contributed by atoms with Crippen LogP contribution in [-0.4, -0.2) is 50.7 Å². The second kappa shape index (κ2) is 10.2. The molecular weight excluding hydrogens is 468 g/mol. The molecular formula is C25H30N4O5S. The highest BCUT2D eigenvalue weighted by molar-refractivity contribution is 7.13. The number of hydrogen-bond donors (Lipinski definition) is 3. The lowest BCUT2D eigenvalue weighted by Crippen LogP contribution is -2.48. The largest absolute Gasteiger partial charge is 0.391 e. The second-order valence-corrected chi connectivity index (χ2v) is 10.2. The summed E-state index contributed by atoms with van der Waals surface area (Å²) >= 11 is 1.58. The third-order valence-corrected chi connectivity index (χ3v) is 7.40. The zero-order valence-corrected chi connectivity index (χ0v) is 21.0. The smallest absolute Gasteiger partial charge is 0.280 e. The van der Waals surface area contributed by atoms with Crippen LogP contribution in [0.2, 0.25) is 0 Å². The maximum Gasteiger partial charge on any atom is 0.280 e. The number of H-pyrrole nitrogens is 1. The van der Waals surface area contributed by atoms with Gasteiger partial charge in [-0.1, -0.05) is 38.1 Å². The minimum Gasteiger partial charge on any atom is -0.391 e. The molecule has 2 aromatic heterocycles. The molecule has 2 amide bonds. The summed E-state index contributed by atoms with van der Waals surface area (Å²) in [5.74, 6) is -1.38. The highest BCUT2D eigenvalue weighted by atomic mass is 32.1. The number of rotatable bonds is 7. The lowest BCUT2D eigenvalue weighted by atomic mass is 9.91. The van der Waals surface area contributed by atoms with Gasteiger partial charge in [-0.3, -0.25) is 14.4 Å². The number of hydrogen-bond acceptors (Lipinski definition) is 7. The average molecular weight is 499 g/mol. The van der Waals surface area contributed by atoms with Gasteiger partial charge in [0.1, 0.15) is 12.0 Å². The molecule has 3 N–H and O–H groups in total. The number of thiazole rings is 1. The second-order valence-electron chi connectivity index (χ2n) is 9.35. The van der Waals surface area contributed by atoms with E-state index in [4.69, 9.17) is 4.52 Å². The molecule has 1 aliphatic heterocycles. The first-order chi connectivity index (χ1) is 16.7. The topological polar surface area (TPSA) is 129 Å². The first kappa shape index (κ1) is 24.9.